The number of benzene rings is 1. The van der Waals surface area contributed by atoms with Crippen molar-refractivity contribution in [2.24, 2.45) is 0 Å². The van der Waals surface area contributed by atoms with E-state index in [1.165, 1.54) is 23.4 Å². The molecule has 0 radical (unpaired) electrons. The van der Waals surface area contributed by atoms with Gasteiger partial charge in [0.05, 0.1) is 0 Å². The predicted octanol–water partition coefficient (Wildman–Crippen LogP) is 3.80. The Morgan fingerprint density at radius 3 is 2.46 bits per heavy atom. The molecule has 0 aliphatic heterocycles. The molecule has 0 aromatic heterocycles. The molecule has 1 aromatic carbocycles. The molecular formula is C12H18Zn. The van der Waals surface area contributed by atoms with Gasteiger partial charge in [-0.1, -0.05) is 0 Å². The molecule has 1 aromatic rings. The number of hydrogen-bond acceptors (Lipinski definition) is 0. The molecule has 0 saturated carbocycles. The van der Waals surface area contributed by atoms with Crippen LogP contribution < -0.4 is 0 Å². The molecule has 0 saturated heterocycles. The van der Waals surface area contributed by atoms with Crippen LogP contribution in [0.1, 0.15) is 30.9 Å². The van der Waals surface area contributed by atoms with Crippen molar-refractivity contribution in [3.63, 3.8) is 0 Å². The summed E-state index contributed by atoms with van der Waals surface area (Å²) in [5.74, 6) is 0. The van der Waals surface area contributed by atoms with Crippen molar-refractivity contribution in [2.75, 3.05) is 0 Å². The van der Waals surface area contributed by atoms with Gasteiger partial charge in [0.2, 0.25) is 0 Å². The van der Waals surface area contributed by atoms with E-state index in [0.29, 0.717) is 0 Å². The Balaban J connectivity index is 2.25. The quantitative estimate of drug-likeness (QED) is 0.530. The normalized spacial score (nSPS) is 9.69. The number of aryl methyl sites for hydroxylation is 1. The van der Waals surface area contributed by atoms with Crippen molar-refractivity contribution in [2.45, 2.75) is 36.7 Å². The molecule has 1 rings (SSSR count). The summed E-state index contributed by atoms with van der Waals surface area (Å²) in [5, 5.41) is 3.00. The predicted molar refractivity (Wildman–Crippen MR) is 54.6 cm³/mol. The van der Waals surface area contributed by atoms with Crippen molar-refractivity contribution in [1.29, 1.82) is 0 Å². The van der Waals surface area contributed by atoms with Crippen molar-refractivity contribution in [1.82, 2.24) is 0 Å². The van der Waals surface area contributed by atoms with Crippen LogP contribution in [0.5, 0.6) is 0 Å². The monoisotopic (exact) mass is 226 g/mol. The van der Waals surface area contributed by atoms with E-state index in [4.69, 9.17) is 0 Å². The summed E-state index contributed by atoms with van der Waals surface area (Å²) in [6, 6.07) is 9.06. The summed E-state index contributed by atoms with van der Waals surface area (Å²) in [5.41, 5.74) is 2.95. The van der Waals surface area contributed by atoms with E-state index < -0.39 is 0 Å². The van der Waals surface area contributed by atoms with Crippen LogP contribution in [0.15, 0.2) is 24.3 Å². The number of unbranched alkanes of at least 4 members (excludes halogenated alkanes) is 1. The zero-order chi connectivity index (χ0) is 9.52. The van der Waals surface area contributed by atoms with E-state index in [1.54, 1.807) is 10.6 Å². The average Bonchev–Trinajstić information content (AvgIpc) is 2.15. The van der Waals surface area contributed by atoms with Gasteiger partial charge in [-0.25, -0.2) is 0 Å². The molecule has 0 fully saturated rings. The van der Waals surface area contributed by atoms with Crippen LogP contribution in [0.4, 0.5) is 0 Å². The van der Waals surface area contributed by atoms with Gasteiger partial charge < -0.3 is 0 Å². The molecule has 0 spiro atoms. The fourth-order valence-electron chi connectivity index (χ4n) is 1.51. The molecule has 0 aliphatic carbocycles. The third kappa shape index (κ3) is 4.57. The maximum atomic E-state index is 2.30. The second-order valence-corrected chi connectivity index (χ2v) is 7.81. The number of rotatable bonds is 5. The van der Waals surface area contributed by atoms with Gasteiger partial charge in [-0.05, 0) is 0 Å². The van der Waals surface area contributed by atoms with Gasteiger partial charge in [0.15, 0.2) is 0 Å². The van der Waals surface area contributed by atoms with E-state index in [-0.39, 0.29) is 17.1 Å². The van der Waals surface area contributed by atoms with Gasteiger partial charge in [-0.15, -0.1) is 0 Å². The first kappa shape index (κ1) is 10.9. The fourth-order valence-corrected chi connectivity index (χ4v) is 5.38. The molecule has 0 amide bonds. The Morgan fingerprint density at radius 2 is 1.85 bits per heavy atom. The van der Waals surface area contributed by atoms with Crippen LogP contribution in [0, 0.1) is 6.92 Å². The Labute approximate surface area is 89.3 Å². The maximum absolute atomic E-state index is 2.30. The first-order valence-corrected chi connectivity index (χ1v) is 9.58. The van der Waals surface area contributed by atoms with Gasteiger partial charge in [0.25, 0.3) is 0 Å². The van der Waals surface area contributed by atoms with E-state index in [0.717, 1.165) is 0 Å². The fraction of sp³-hybridized carbons (Fsp3) is 0.500. The molecule has 0 atom stereocenters. The summed E-state index contributed by atoms with van der Waals surface area (Å²) in [6.07, 6.45) is 2.84. The molecule has 13 heavy (non-hydrogen) atoms. The van der Waals surface area contributed by atoms with Gasteiger partial charge in [-0.2, -0.15) is 0 Å². The Bertz CT molecular complexity index is 225. The third-order valence-electron chi connectivity index (χ3n) is 2.44. The molecule has 0 heterocycles. The van der Waals surface area contributed by atoms with Crippen LogP contribution in [0.25, 0.3) is 0 Å². The van der Waals surface area contributed by atoms with Crippen LogP contribution in [-0.2, 0) is 22.1 Å². The Hall–Kier alpha value is -0.157. The minimum absolute atomic E-state index is 0.214. The minimum atomic E-state index is -0.214. The zero-order valence-corrected chi connectivity index (χ0v) is 11.8. The standard InChI is InChI=1S/C8H9.C4H9.Zn/c1-7-3-5-8(2)6-4-7;1-3-4-2;/h3-6H,1H2,2H3;1,3-4H2,2H3;. The molecule has 0 bridgehead atoms. The summed E-state index contributed by atoms with van der Waals surface area (Å²) >= 11 is -0.214. The van der Waals surface area contributed by atoms with Crippen molar-refractivity contribution < 1.29 is 17.1 Å². The first-order valence-electron chi connectivity index (χ1n) is 5.38. The topological polar surface area (TPSA) is 0 Å². The van der Waals surface area contributed by atoms with E-state index in [2.05, 4.69) is 38.1 Å². The summed E-state index contributed by atoms with van der Waals surface area (Å²) in [4.78, 5) is 0. The van der Waals surface area contributed by atoms with Gasteiger partial charge in [0, 0.05) is 0 Å². The van der Waals surface area contributed by atoms with Gasteiger partial charge >= 0.3 is 89.2 Å². The Kier molecular flexibility index (Phi) is 5.31. The molecule has 68 valence electrons. The average molecular weight is 228 g/mol. The van der Waals surface area contributed by atoms with Crippen molar-refractivity contribution in [3.05, 3.63) is 35.4 Å². The second kappa shape index (κ2) is 6.32. The molecule has 0 nitrogen and oxygen atoms in total. The first-order chi connectivity index (χ1) is 6.33. The molecule has 0 N–H and O–H groups in total. The third-order valence-corrected chi connectivity index (χ3v) is 6.49. The zero-order valence-electron chi connectivity index (χ0n) is 8.84. The summed E-state index contributed by atoms with van der Waals surface area (Å²) < 4.78 is 0. The van der Waals surface area contributed by atoms with Gasteiger partial charge in [0.1, 0.15) is 0 Å². The van der Waals surface area contributed by atoms with Crippen LogP contribution >= 0.6 is 0 Å². The summed E-state index contributed by atoms with van der Waals surface area (Å²) in [6.45, 7) is 4.44. The van der Waals surface area contributed by atoms with Crippen LogP contribution in [0.3, 0.4) is 0 Å². The van der Waals surface area contributed by atoms with Crippen molar-refractivity contribution >= 4 is 0 Å². The molecule has 1 heteroatoms. The summed E-state index contributed by atoms with van der Waals surface area (Å²) in [7, 11) is 0. The molecule has 0 aliphatic rings. The van der Waals surface area contributed by atoms with Crippen LogP contribution in [0.2, 0.25) is 5.02 Å². The Morgan fingerprint density at radius 1 is 1.15 bits per heavy atom. The van der Waals surface area contributed by atoms with E-state index in [9.17, 15) is 0 Å². The van der Waals surface area contributed by atoms with Gasteiger partial charge in [-0.3, -0.25) is 0 Å². The van der Waals surface area contributed by atoms with E-state index >= 15 is 0 Å². The van der Waals surface area contributed by atoms with Crippen LogP contribution in [-0.4, -0.2) is 0 Å². The van der Waals surface area contributed by atoms with E-state index in [1.807, 2.05) is 0 Å². The second-order valence-electron chi connectivity index (χ2n) is 3.80. The molecule has 0 unspecified atom stereocenters. The SMILES string of the molecule is CCC[CH2][Zn][CH2]c1ccc(C)cc1. The molecular weight excluding hydrogens is 210 g/mol. The van der Waals surface area contributed by atoms with Crippen molar-refractivity contribution in [3.8, 4) is 0 Å². The number of hydrogen-bond donors (Lipinski definition) is 0.